The number of aliphatic hydroxyl groups is 1. The van der Waals surface area contributed by atoms with E-state index in [-0.39, 0.29) is 11.7 Å². The van der Waals surface area contributed by atoms with Crippen molar-refractivity contribution in [2.24, 2.45) is 11.8 Å². The van der Waals surface area contributed by atoms with Gasteiger partial charge in [-0.05, 0) is 56.8 Å². The Morgan fingerprint density at radius 3 is 2.56 bits per heavy atom. The van der Waals surface area contributed by atoms with Gasteiger partial charge in [0.2, 0.25) is 0 Å². The predicted molar refractivity (Wildman–Crippen MR) is 69.4 cm³/mol. The second-order valence-electron chi connectivity index (χ2n) is 6.48. The molecule has 2 aliphatic heterocycles. The van der Waals surface area contributed by atoms with Crippen LogP contribution in [-0.4, -0.2) is 36.6 Å². The maximum atomic E-state index is 9.86. The third-order valence-electron chi connectivity index (χ3n) is 5.29. The van der Waals surface area contributed by atoms with Crippen molar-refractivity contribution in [2.75, 3.05) is 19.8 Å². The second-order valence-corrected chi connectivity index (χ2v) is 6.48. The molecule has 3 nitrogen and oxygen atoms in total. The van der Waals surface area contributed by atoms with Gasteiger partial charge in [0.15, 0.2) is 0 Å². The van der Waals surface area contributed by atoms with Crippen LogP contribution >= 0.6 is 0 Å². The van der Waals surface area contributed by atoms with Crippen LogP contribution in [0.3, 0.4) is 0 Å². The standard InChI is InChI=1S/C15H26O3/c16-14-3-1-2-12(10-14)13-4-7-18-15(11-13)5-8-17-9-6-15/h12-14,16H,1-11H2. The van der Waals surface area contributed by atoms with Crippen molar-refractivity contribution in [3.05, 3.63) is 0 Å². The molecule has 1 N–H and O–H groups in total. The molecule has 3 unspecified atom stereocenters. The highest BCUT2D eigenvalue weighted by Crippen LogP contribution is 2.43. The Bertz CT molecular complexity index is 267. The zero-order valence-corrected chi connectivity index (χ0v) is 11.3. The first-order valence-corrected chi connectivity index (χ1v) is 7.67. The van der Waals surface area contributed by atoms with Crippen LogP contribution in [0.5, 0.6) is 0 Å². The van der Waals surface area contributed by atoms with Crippen LogP contribution in [0.15, 0.2) is 0 Å². The molecule has 3 rings (SSSR count). The summed E-state index contributed by atoms with van der Waals surface area (Å²) in [7, 11) is 0. The molecular weight excluding hydrogens is 228 g/mol. The lowest BCUT2D eigenvalue weighted by atomic mass is 9.70. The van der Waals surface area contributed by atoms with Gasteiger partial charge in [-0.2, -0.15) is 0 Å². The molecule has 0 amide bonds. The van der Waals surface area contributed by atoms with Gasteiger partial charge in [0.05, 0.1) is 11.7 Å². The minimum Gasteiger partial charge on any atom is -0.393 e. The second kappa shape index (κ2) is 5.48. The van der Waals surface area contributed by atoms with Gasteiger partial charge in [-0.25, -0.2) is 0 Å². The van der Waals surface area contributed by atoms with E-state index in [2.05, 4.69) is 0 Å². The maximum absolute atomic E-state index is 9.86. The van der Waals surface area contributed by atoms with Gasteiger partial charge in [0.1, 0.15) is 0 Å². The van der Waals surface area contributed by atoms with Gasteiger partial charge in [-0.15, -0.1) is 0 Å². The quantitative estimate of drug-likeness (QED) is 0.781. The molecule has 1 spiro atoms. The van der Waals surface area contributed by atoms with Gasteiger partial charge in [-0.3, -0.25) is 0 Å². The lowest BCUT2D eigenvalue weighted by Crippen LogP contribution is -2.46. The van der Waals surface area contributed by atoms with Crippen molar-refractivity contribution >= 4 is 0 Å². The van der Waals surface area contributed by atoms with Crippen molar-refractivity contribution in [3.63, 3.8) is 0 Å². The summed E-state index contributed by atoms with van der Waals surface area (Å²) in [6.07, 6.45) is 9.05. The SMILES string of the molecule is OC1CCCC(C2CCOC3(CCOCC3)C2)C1. The summed E-state index contributed by atoms with van der Waals surface area (Å²) in [5.74, 6) is 1.50. The van der Waals surface area contributed by atoms with Gasteiger partial charge in [-0.1, -0.05) is 6.42 Å². The third kappa shape index (κ3) is 2.73. The zero-order chi connectivity index (χ0) is 12.4. The summed E-state index contributed by atoms with van der Waals surface area (Å²) in [4.78, 5) is 0. The molecule has 18 heavy (non-hydrogen) atoms. The van der Waals surface area contributed by atoms with Gasteiger partial charge >= 0.3 is 0 Å². The van der Waals surface area contributed by atoms with Crippen LogP contribution in [-0.2, 0) is 9.47 Å². The van der Waals surface area contributed by atoms with E-state index in [0.29, 0.717) is 0 Å². The molecule has 3 fully saturated rings. The minimum absolute atomic E-state index is 0.0442. The molecule has 3 aliphatic rings. The van der Waals surface area contributed by atoms with Crippen molar-refractivity contribution in [1.29, 1.82) is 0 Å². The molecular formula is C15H26O3. The normalized spacial score (nSPS) is 40.8. The van der Waals surface area contributed by atoms with Crippen LogP contribution in [0, 0.1) is 11.8 Å². The Morgan fingerprint density at radius 1 is 0.944 bits per heavy atom. The van der Waals surface area contributed by atoms with E-state index in [9.17, 15) is 5.11 Å². The van der Waals surface area contributed by atoms with Crippen molar-refractivity contribution in [1.82, 2.24) is 0 Å². The first kappa shape index (κ1) is 12.9. The molecule has 0 radical (unpaired) electrons. The molecule has 104 valence electrons. The number of ether oxygens (including phenoxy) is 2. The van der Waals surface area contributed by atoms with Crippen LogP contribution in [0.4, 0.5) is 0 Å². The van der Waals surface area contributed by atoms with E-state index in [1.807, 2.05) is 0 Å². The van der Waals surface area contributed by atoms with Gasteiger partial charge < -0.3 is 14.6 Å². The lowest BCUT2D eigenvalue weighted by molar-refractivity contribution is -0.155. The van der Waals surface area contributed by atoms with Gasteiger partial charge in [0, 0.05) is 19.8 Å². The lowest BCUT2D eigenvalue weighted by Gasteiger charge is -2.46. The molecule has 2 saturated heterocycles. The Morgan fingerprint density at radius 2 is 1.78 bits per heavy atom. The summed E-state index contributed by atoms with van der Waals surface area (Å²) in [6.45, 7) is 2.64. The van der Waals surface area contributed by atoms with Crippen LogP contribution in [0.2, 0.25) is 0 Å². The highest BCUT2D eigenvalue weighted by atomic mass is 16.5. The van der Waals surface area contributed by atoms with E-state index >= 15 is 0 Å². The fraction of sp³-hybridized carbons (Fsp3) is 1.00. The Balaban J connectivity index is 1.62. The number of hydrogen-bond donors (Lipinski definition) is 1. The largest absolute Gasteiger partial charge is 0.393 e. The fourth-order valence-electron chi connectivity index (χ4n) is 4.19. The fourth-order valence-corrected chi connectivity index (χ4v) is 4.19. The maximum Gasteiger partial charge on any atom is 0.0729 e. The molecule has 1 aliphatic carbocycles. The van der Waals surface area contributed by atoms with Crippen molar-refractivity contribution in [2.45, 2.75) is 63.1 Å². The van der Waals surface area contributed by atoms with Crippen LogP contribution < -0.4 is 0 Å². The van der Waals surface area contributed by atoms with Crippen molar-refractivity contribution < 1.29 is 14.6 Å². The first-order valence-electron chi connectivity index (χ1n) is 7.67. The molecule has 0 aromatic rings. The number of aliphatic hydroxyl groups excluding tert-OH is 1. The zero-order valence-electron chi connectivity index (χ0n) is 11.3. The first-order chi connectivity index (χ1) is 8.77. The smallest absolute Gasteiger partial charge is 0.0729 e. The molecule has 0 bridgehead atoms. The van der Waals surface area contributed by atoms with E-state index in [4.69, 9.17) is 9.47 Å². The monoisotopic (exact) mass is 254 g/mol. The molecule has 0 aromatic carbocycles. The average molecular weight is 254 g/mol. The van der Waals surface area contributed by atoms with E-state index in [0.717, 1.165) is 57.3 Å². The highest BCUT2D eigenvalue weighted by molar-refractivity contribution is 4.92. The van der Waals surface area contributed by atoms with Gasteiger partial charge in [0.25, 0.3) is 0 Å². The minimum atomic E-state index is -0.0442. The van der Waals surface area contributed by atoms with Crippen LogP contribution in [0.25, 0.3) is 0 Å². The van der Waals surface area contributed by atoms with E-state index in [1.54, 1.807) is 0 Å². The van der Waals surface area contributed by atoms with E-state index in [1.165, 1.54) is 25.7 Å². The van der Waals surface area contributed by atoms with E-state index < -0.39 is 0 Å². The Kier molecular flexibility index (Phi) is 3.92. The topological polar surface area (TPSA) is 38.7 Å². The summed E-state index contributed by atoms with van der Waals surface area (Å²) >= 11 is 0. The Hall–Kier alpha value is -0.120. The highest BCUT2D eigenvalue weighted by Gasteiger charge is 2.41. The molecule has 1 saturated carbocycles. The molecule has 2 heterocycles. The van der Waals surface area contributed by atoms with Crippen LogP contribution in [0.1, 0.15) is 51.4 Å². The number of hydrogen-bond acceptors (Lipinski definition) is 3. The Labute approximate surface area is 110 Å². The molecule has 3 heteroatoms. The summed E-state index contributed by atoms with van der Waals surface area (Å²) in [5.41, 5.74) is 0.115. The summed E-state index contributed by atoms with van der Waals surface area (Å²) in [6, 6.07) is 0. The number of rotatable bonds is 1. The summed E-state index contributed by atoms with van der Waals surface area (Å²) in [5, 5.41) is 9.86. The predicted octanol–water partition coefficient (Wildman–Crippen LogP) is 2.51. The van der Waals surface area contributed by atoms with Crippen molar-refractivity contribution in [3.8, 4) is 0 Å². The summed E-state index contributed by atoms with van der Waals surface area (Å²) < 4.78 is 11.6. The molecule has 3 atom stereocenters. The third-order valence-corrected chi connectivity index (χ3v) is 5.29. The average Bonchev–Trinajstić information content (AvgIpc) is 2.40. The molecule has 0 aromatic heterocycles.